The van der Waals surface area contributed by atoms with E-state index in [9.17, 15) is 9.90 Å². The van der Waals surface area contributed by atoms with Crippen LogP contribution in [0.15, 0.2) is 115 Å². The van der Waals surface area contributed by atoms with Crippen LogP contribution in [0.3, 0.4) is 0 Å². The van der Waals surface area contributed by atoms with Gasteiger partial charge in [-0.25, -0.2) is 4.79 Å². The molecule has 1 atom stereocenters. The lowest BCUT2D eigenvalue weighted by molar-refractivity contribution is -0.149. The molecule has 4 rings (SSSR count). The van der Waals surface area contributed by atoms with Crippen LogP contribution in [-0.4, -0.2) is 30.4 Å². The van der Waals surface area contributed by atoms with E-state index in [1.54, 1.807) is 6.92 Å². The van der Waals surface area contributed by atoms with Crippen molar-refractivity contribution in [2.24, 2.45) is 0 Å². The van der Waals surface area contributed by atoms with Crippen LogP contribution in [-0.2, 0) is 16.0 Å². The first-order valence-electron chi connectivity index (χ1n) is 12.1. The molecule has 1 unspecified atom stereocenters. The molecule has 4 nitrogen and oxygen atoms in total. The number of hydrogen-bond acceptors (Lipinski definition) is 3. The Hall–Kier alpha value is -4.15. The normalized spacial score (nSPS) is 12.2. The summed E-state index contributed by atoms with van der Waals surface area (Å²) in [5.41, 5.74) is 6.61. The summed E-state index contributed by atoms with van der Waals surface area (Å²) < 4.78 is 11.3. The molecule has 0 spiro atoms. The molecule has 0 aliphatic rings. The maximum Gasteiger partial charge on any atom is 0.333 e. The van der Waals surface area contributed by atoms with Crippen LogP contribution in [0, 0.1) is 0 Å². The predicted octanol–water partition coefficient (Wildman–Crippen LogP) is 6.90. The fraction of sp³-hybridized carbons (Fsp3) is 0.156. The smallest absolute Gasteiger partial charge is 0.333 e. The van der Waals surface area contributed by atoms with Crippen LogP contribution in [0.1, 0.15) is 23.6 Å². The highest BCUT2D eigenvalue weighted by Gasteiger charge is 2.17. The van der Waals surface area contributed by atoms with Crippen molar-refractivity contribution in [2.45, 2.75) is 19.4 Å². The first-order valence-corrected chi connectivity index (χ1v) is 12.1. The van der Waals surface area contributed by atoms with E-state index < -0.39 is 12.1 Å². The van der Waals surface area contributed by atoms with Crippen LogP contribution in [0.5, 0.6) is 5.75 Å². The Morgan fingerprint density at radius 3 is 1.97 bits per heavy atom. The number of carboxylic acid groups (broad SMARTS) is 1. The molecule has 4 heteroatoms. The molecule has 36 heavy (non-hydrogen) atoms. The van der Waals surface area contributed by atoms with Crippen molar-refractivity contribution in [1.29, 1.82) is 0 Å². The molecule has 0 heterocycles. The molecule has 0 aliphatic heterocycles. The predicted molar refractivity (Wildman–Crippen MR) is 144 cm³/mol. The second-order valence-corrected chi connectivity index (χ2v) is 8.37. The number of carbonyl (C=O) groups is 1. The van der Waals surface area contributed by atoms with Crippen LogP contribution < -0.4 is 4.74 Å². The topological polar surface area (TPSA) is 55.8 Å². The molecule has 0 saturated carbocycles. The largest absolute Gasteiger partial charge is 0.490 e. The summed E-state index contributed by atoms with van der Waals surface area (Å²) in [7, 11) is 0. The van der Waals surface area contributed by atoms with Crippen molar-refractivity contribution in [2.75, 3.05) is 13.2 Å². The standard InChI is InChI=1S/C32H30O4/c1-2-35-31(32(33)34)23-24-13-19-29(20-14-24)36-22-21-30(27-11-7-4-8-12-27)28-17-15-26(16-18-28)25-9-5-3-6-10-25/h3-21,31H,2,22-23H2,1H3,(H,33,34). The fourth-order valence-corrected chi connectivity index (χ4v) is 4.07. The van der Waals surface area contributed by atoms with E-state index in [1.165, 1.54) is 11.1 Å². The van der Waals surface area contributed by atoms with Gasteiger partial charge >= 0.3 is 5.97 Å². The number of hydrogen-bond donors (Lipinski definition) is 1. The van der Waals surface area contributed by atoms with E-state index in [0.717, 1.165) is 28.0 Å². The third-order valence-corrected chi connectivity index (χ3v) is 5.91. The summed E-state index contributed by atoms with van der Waals surface area (Å²) in [6, 6.07) is 36.7. The van der Waals surface area contributed by atoms with Gasteiger partial charge in [-0.1, -0.05) is 97.1 Å². The monoisotopic (exact) mass is 478 g/mol. The maximum absolute atomic E-state index is 11.3. The van der Waals surface area contributed by atoms with Gasteiger partial charge in [0.2, 0.25) is 0 Å². The molecule has 0 amide bonds. The second-order valence-electron chi connectivity index (χ2n) is 8.37. The van der Waals surface area contributed by atoms with E-state index in [4.69, 9.17) is 9.47 Å². The van der Waals surface area contributed by atoms with E-state index in [1.807, 2.05) is 60.7 Å². The molecular formula is C32H30O4. The average Bonchev–Trinajstić information content (AvgIpc) is 2.93. The van der Waals surface area contributed by atoms with E-state index in [-0.39, 0.29) is 0 Å². The van der Waals surface area contributed by atoms with E-state index in [2.05, 4.69) is 54.6 Å². The van der Waals surface area contributed by atoms with Gasteiger partial charge < -0.3 is 14.6 Å². The minimum absolute atomic E-state index is 0.320. The van der Waals surface area contributed by atoms with Crippen molar-refractivity contribution in [3.05, 3.63) is 132 Å². The third kappa shape index (κ3) is 6.71. The molecule has 0 radical (unpaired) electrons. The van der Waals surface area contributed by atoms with Gasteiger partial charge in [0.25, 0.3) is 0 Å². The Balaban J connectivity index is 1.47. The average molecular weight is 479 g/mol. The Morgan fingerprint density at radius 2 is 1.36 bits per heavy atom. The van der Waals surface area contributed by atoms with E-state index in [0.29, 0.717) is 19.6 Å². The van der Waals surface area contributed by atoms with Crippen LogP contribution >= 0.6 is 0 Å². The molecule has 0 aliphatic carbocycles. The molecule has 0 fully saturated rings. The second kappa shape index (κ2) is 12.5. The van der Waals surface area contributed by atoms with Gasteiger partial charge in [-0.15, -0.1) is 0 Å². The molecule has 1 N–H and O–H groups in total. The quantitative estimate of drug-likeness (QED) is 0.255. The lowest BCUT2D eigenvalue weighted by Crippen LogP contribution is -2.26. The third-order valence-electron chi connectivity index (χ3n) is 5.91. The van der Waals surface area contributed by atoms with Crippen molar-refractivity contribution in [1.82, 2.24) is 0 Å². The zero-order chi connectivity index (χ0) is 25.2. The first kappa shape index (κ1) is 25.0. The van der Waals surface area contributed by atoms with Gasteiger partial charge in [0, 0.05) is 13.0 Å². The fourth-order valence-electron chi connectivity index (χ4n) is 4.07. The van der Waals surface area contributed by atoms with Crippen molar-refractivity contribution in [3.8, 4) is 16.9 Å². The van der Waals surface area contributed by atoms with Crippen molar-refractivity contribution < 1.29 is 19.4 Å². The molecule has 182 valence electrons. The van der Waals surface area contributed by atoms with Crippen molar-refractivity contribution in [3.63, 3.8) is 0 Å². The summed E-state index contributed by atoms with van der Waals surface area (Å²) in [5, 5.41) is 9.29. The summed E-state index contributed by atoms with van der Waals surface area (Å²) >= 11 is 0. The van der Waals surface area contributed by atoms with Crippen LogP contribution in [0.4, 0.5) is 0 Å². The Labute approximate surface area is 212 Å². The number of rotatable bonds is 11. The zero-order valence-corrected chi connectivity index (χ0v) is 20.3. The Bertz CT molecular complexity index is 1260. The highest BCUT2D eigenvalue weighted by Crippen LogP contribution is 2.27. The van der Waals surface area contributed by atoms with Crippen LogP contribution in [0.2, 0.25) is 0 Å². The molecule has 0 saturated heterocycles. The first-order chi connectivity index (χ1) is 17.6. The SMILES string of the molecule is CCOC(Cc1ccc(OCC=C(c2ccccc2)c2ccc(-c3ccccc3)cc2)cc1)C(=O)O. The molecule has 0 bridgehead atoms. The number of ether oxygens (including phenoxy) is 2. The molecule has 4 aromatic rings. The van der Waals surface area contributed by atoms with Gasteiger partial charge in [0.15, 0.2) is 6.10 Å². The van der Waals surface area contributed by atoms with Gasteiger partial charge in [-0.2, -0.15) is 0 Å². The summed E-state index contributed by atoms with van der Waals surface area (Å²) in [6.45, 7) is 2.56. The Kier molecular flexibility index (Phi) is 8.68. The van der Waals surface area contributed by atoms with Gasteiger partial charge in [-0.3, -0.25) is 0 Å². The Morgan fingerprint density at radius 1 is 0.778 bits per heavy atom. The summed E-state index contributed by atoms with van der Waals surface area (Å²) in [4.78, 5) is 11.3. The molecule has 0 aromatic heterocycles. The van der Waals surface area contributed by atoms with Crippen molar-refractivity contribution >= 4 is 11.5 Å². The van der Waals surface area contributed by atoms with E-state index >= 15 is 0 Å². The highest BCUT2D eigenvalue weighted by atomic mass is 16.5. The minimum atomic E-state index is -0.951. The molecular weight excluding hydrogens is 448 g/mol. The minimum Gasteiger partial charge on any atom is -0.490 e. The number of carboxylic acids is 1. The van der Waals surface area contributed by atoms with Gasteiger partial charge in [0.1, 0.15) is 12.4 Å². The zero-order valence-electron chi connectivity index (χ0n) is 20.3. The maximum atomic E-state index is 11.3. The lowest BCUT2D eigenvalue weighted by Gasteiger charge is -2.13. The highest BCUT2D eigenvalue weighted by molar-refractivity contribution is 5.81. The number of aliphatic carboxylic acids is 1. The lowest BCUT2D eigenvalue weighted by atomic mass is 9.95. The van der Waals surface area contributed by atoms with Gasteiger partial charge in [-0.05, 0) is 58.5 Å². The van der Waals surface area contributed by atoms with Crippen LogP contribution in [0.25, 0.3) is 16.7 Å². The summed E-state index contributed by atoms with van der Waals surface area (Å²) in [6.07, 6.45) is 1.57. The number of benzene rings is 4. The van der Waals surface area contributed by atoms with Gasteiger partial charge in [0.05, 0.1) is 0 Å². The summed E-state index contributed by atoms with van der Waals surface area (Å²) in [5.74, 6) is -0.224. The molecule has 4 aromatic carbocycles.